The second-order valence-corrected chi connectivity index (χ2v) is 2.58. The fourth-order valence-corrected chi connectivity index (χ4v) is 0.745. The molecule has 0 heterocycles. The molecule has 0 amide bonds. The van der Waals surface area contributed by atoms with Gasteiger partial charge in [-0.3, -0.25) is 4.79 Å². The third kappa shape index (κ3) is 3.51. The lowest BCUT2D eigenvalue weighted by Crippen LogP contribution is -2.35. The Morgan fingerprint density at radius 2 is 2.30 bits per heavy atom. The topological polar surface area (TPSA) is 110 Å². The van der Waals surface area contributed by atoms with Crippen LogP contribution in [0, 0.1) is 0 Å². The van der Waals surface area contributed by atoms with Crippen molar-refractivity contribution in [3.63, 3.8) is 0 Å². The molecule has 10 heavy (non-hydrogen) atoms. The molecule has 60 valence electrons. The van der Waals surface area contributed by atoms with Crippen LogP contribution in [0.15, 0.2) is 0 Å². The smallest absolute Gasteiger partial charge is 0.321 e. The number of carbonyl (C=O) groups is 1. The predicted molar refractivity (Wildman–Crippen MR) is 32.3 cm³/mol. The van der Waals surface area contributed by atoms with E-state index in [2.05, 4.69) is 4.33 Å². The van der Waals surface area contributed by atoms with Crippen molar-refractivity contribution in [3.8, 4) is 0 Å². The molecule has 6 nitrogen and oxygen atoms in total. The normalized spacial score (nSPS) is 16.2. The Morgan fingerprint density at radius 1 is 1.80 bits per heavy atom. The van der Waals surface area contributed by atoms with Gasteiger partial charge in [-0.15, -0.1) is 4.33 Å². The molecule has 0 aromatic rings. The molecule has 0 aliphatic carbocycles. The van der Waals surface area contributed by atoms with Crippen LogP contribution in [0.3, 0.4) is 0 Å². The minimum atomic E-state index is -2.03. The molecule has 0 bridgehead atoms. The Balaban J connectivity index is 3.68. The molecule has 0 radical (unpaired) electrons. The Hall–Kier alpha value is -0.500. The lowest BCUT2D eigenvalue weighted by molar-refractivity contribution is -0.138. The second kappa shape index (κ2) is 4.34. The number of hydrogen-bond donors (Lipinski definition) is 3. The Morgan fingerprint density at radius 3 is 2.60 bits per heavy atom. The van der Waals surface area contributed by atoms with Gasteiger partial charge >= 0.3 is 5.97 Å². The van der Waals surface area contributed by atoms with Crippen LogP contribution in [0.25, 0.3) is 0 Å². The lowest BCUT2D eigenvalue weighted by atomic mass is 10.4. The summed E-state index contributed by atoms with van der Waals surface area (Å²) >= 11 is -2.03. The first kappa shape index (κ1) is 9.50. The van der Waals surface area contributed by atoms with Crippen molar-refractivity contribution in [2.45, 2.75) is 6.04 Å². The molecule has 0 aliphatic rings. The van der Waals surface area contributed by atoms with E-state index in [4.69, 9.17) is 16.1 Å². The summed E-state index contributed by atoms with van der Waals surface area (Å²) in [5, 5.41) is 15.8. The molecule has 0 fully saturated rings. The maximum atomic E-state index is 10.2. The van der Waals surface area contributed by atoms with E-state index in [9.17, 15) is 9.00 Å². The van der Waals surface area contributed by atoms with Crippen molar-refractivity contribution >= 4 is 17.0 Å². The summed E-state index contributed by atoms with van der Waals surface area (Å²) in [6.45, 7) is 0. The molecule has 4 N–H and O–H groups in total. The summed E-state index contributed by atoms with van der Waals surface area (Å²) < 4.78 is 13.5. The lowest BCUT2D eigenvalue weighted by Gasteiger charge is -2.01. The summed E-state index contributed by atoms with van der Waals surface area (Å²) in [6, 6.07) is -1.27. The average molecular weight is 169 g/mol. The summed E-state index contributed by atoms with van der Waals surface area (Å²) in [4.78, 5) is 9.95. The van der Waals surface area contributed by atoms with Crippen LogP contribution in [0.5, 0.6) is 0 Å². The SMILES string of the molecule is N[C@@H](C[S@@](=O)OO)C(=O)O. The maximum Gasteiger partial charge on any atom is 0.321 e. The van der Waals surface area contributed by atoms with E-state index in [0.29, 0.717) is 0 Å². The van der Waals surface area contributed by atoms with Crippen LogP contribution in [0.2, 0.25) is 0 Å². The molecule has 2 atom stereocenters. The fraction of sp³-hybridized carbons (Fsp3) is 0.667. The van der Waals surface area contributed by atoms with E-state index in [1.54, 1.807) is 0 Å². The largest absolute Gasteiger partial charge is 0.480 e. The highest BCUT2D eigenvalue weighted by atomic mass is 32.2. The average Bonchev–Trinajstić information content (AvgIpc) is 1.87. The number of carboxylic acids is 1. The van der Waals surface area contributed by atoms with Crippen LogP contribution >= 0.6 is 0 Å². The van der Waals surface area contributed by atoms with Crippen molar-refractivity contribution in [2.75, 3.05) is 5.75 Å². The van der Waals surface area contributed by atoms with E-state index in [1.807, 2.05) is 0 Å². The van der Waals surface area contributed by atoms with Gasteiger partial charge in [0.1, 0.15) is 6.04 Å². The van der Waals surface area contributed by atoms with Crippen molar-refractivity contribution in [1.82, 2.24) is 0 Å². The standard InChI is InChI=1S/C3H7NO5S/c4-2(3(5)6)1-10(8)9-7/h2,7H,1,4H2,(H,5,6)/t2-,10-/m0/s1. The fourth-order valence-electron chi connectivity index (χ4n) is 0.248. The molecule has 0 aromatic heterocycles. The first-order valence-corrected chi connectivity index (χ1v) is 3.51. The van der Waals surface area contributed by atoms with Gasteiger partial charge in [0, 0.05) is 0 Å². The summed E-state index contributed by atoms with van der Waals surface area (Å²) in [5.74, 6) is -1.71. The van der Waals surface area contributed by atoms with Gasteiger partial charge in [0.15, 0.2) is 11.1 Å². The zero-order valence-electron chi connectivity index (χ0n) is 4.89. The number of rotatable bonds is 4. The molecular weight excluding hydrogens is 162 g/mol. The van der Waals surface area contributed by atoms with Gasteiger partial charge in [-0.05, 0) is 0 Å². The predicted octanol–water partition coefficient (Wildman–Crippen LogP) is -1.45. The molecule has 0 rings (SSSR count). The van der Waals surface area contributed by atoms with Gasteiger partial charge in [0.25, 0.3) is 0 Å². The minimum Gasteiger partial charge on any atom is -0.480 e. The summed E-state index contributed by atoms with van der Waals surface area (Å²) in [5.41, 5.74) is 4.91. The van der Waals surface area contributed by atoms with E-state index in [0.717, 1.165) is 0 Å². The highest BCUT2D eigenvalue weighted by molar-refractivity contribution is 7.80. The number of carboxylic acid groups (broad SMARTS) is 1. The molecule has 0 unspecified atom stereocenters. The summed E-state index contributed by atoms with van der Waals surface area (Å²) in [6.07, 6.45) is 0. The Labute approximate surface area is 59.2 Å². The Kier molecular flexibility index (Phi) is 4.12. The quantitative estimate of drug-likeness (QED) is 0.351. The van der Waals surface area contributed by atoms with Crippen molar-refractivity contribution in [3.05, 3.63) is 0 Å². The van der Waals surface area contributed by atoms with Gasteiger partial charge in [-0.2, -0.15) is 0 Å². The monoisotopic (exact) mass is 169 g/mol. The number of hydrogen-bond acceptors (Lipinski definition) is 5. The summed E-state index contributed by atoms with van der Waals surface area (Å²) in [7, 11) is 0. The molecule has 0 aromatic carbocycles. The van der Waals surface area contributed by atoms with Gasteiger partial charge < -0.3 is 10.8 Å². The molecule has 0 saturated heterocycles. The third-order valence-electron chi connectivity index (χ3n) is 0.716. The third-order valence-corrected chi connectivity index (χ3v) is 1.51. The van der Waals surface area contributed by atoms with Gasteiger partial charge in [-0.25, -0.2) is 9.47 Å². The van der Waals surface area contributed by atoms with Gasteiger partial charge in [-0.1, -0.05) is 0 Å². The van der Waals surface area contributed by atoms with E-state index < -0.39 is 28.8 Å². The van der Waals surface area contributed by atoms with Crippen molar-refractivity contribution in [1.29, 1.82) is 0 Å². The first-order chi connectivity index (χ1) is 4.57. The van der Waals surface area contributed by atoms with Gasteiger partial charge in [0.05, 0.1) is 5.75 Å². The minimum absolute atomic E-state index is 0.425. The molecule has 0 saturated carbocycles. The van der Waals surface area contributed by atoms with Crippen molar-refractivity contribution < 1.29 is 23.7 Å². The molecule has 0 aliphatic heterocycles. The van der Waals surface area contributed by atoms with Gasteiger partial charge in [0.2, 0.25) is 0 Å². The van der Waals surface area contributed by atoms with E-state index in [1.165, 1.54) is 0 Å². The Bertz CT molecular complexity index is 148. The molecular formula is C3H7NO5S. The van der Waals surface area contributed by atoms with Crippen LogP contribution in [0.1, 0.15) is 0 Å². The molecule has 0 spiro atoms. The van der Waals surface area contributed by atoms with Crippen LogP contribution in [-0.2, 0) is 20.2 Å². The van der Waals surface area contributed by atoms with Crippen LogP contribution < -0.4 is 5.73 Å². The maximum absolute atomic E-state index is 10.2. The second-order valence-electron chi connectivity index (χ2n) is 1.49. The molecule has 7 heteroatoms. The van der Waals surface area contributed by atoms with Crippen LogP contribution in [0.4, 0.5) is 0 Å². The highest BCUT2D eigenvalue weighted by Gasteiger charge is 2.15. The zero-order valence-corrected chi connectivity index (χ0v) is 5.71. The van der Waals surface area contributed by atoms with E-state index >= 15 is 0 Å². The van der Waals surface area contributed by atoms with Crippen LogP contribution in [-0.4, -0.2) is 32.3 Å². The zero-order chi connectivity index (χ0) is 8.15. The number of nitrogens with two attached hydrogens (primary N) is 1. The van der Waals surface area contributed by atoms with Crippen molar-refractivity contribution in [2.24, 2.45) is 5.73 Å². The van der Waals surface area contributed by atoms with E-state index in [-0.39, 0.29) is 0 Å². The number of aliphatic carboxylic acids is 1. The first-order valence-electron chi connectivity index (χ1n) is 2.26. The highest BCUT2D eigenvalue weighted by Crippen LogP contribution is 1.86.